The first-order valence-electron chi connectivity index (χ1n) is 10.2. The van der Waals surface area contributed by atoms with Crippen molar-refractivity contribution in [1.29, 1.82) is 0 Å². The van der Waals surface area contributed by atoms with E-state index in [4.69, 9.17) is 4.74 Å². The number of aryl methyl sites for hydroxylation is 3. The van der Waals surface area contributed by atoms with Gasteiger partial charge in [0.2, 0.25) is 0 Å². The van der Waals surface area contributed by atoms with E-state index in [0.29, 0.717) is 6.04 Å². The summed E-state index contributed by atoms with van der Waals surface area (Å²) in [5.74, 6) is 1.01. The van der Waals surface area contributed by atoms with E-state index in [9.17, 15) is 0 Å². The highest BCUT2D eigenvalue weighted by atomic mass is 16.5. The van der Waals surface area contributed by atoms with Crippen LogP contribution in [0, 0.1) is 6.92 Å². The Morgan fingerprint density at radius 1 is 1.07 bits per heavy atom. The Hall–Kier alpha value is -2.26. The molecule has 0 radical (unpaired) electrons. The van der Waals surface area contributed by atoms with E-state index in [1.54, 1.807) is 18.4 Å². The first-order chi connectivity index (χ1) is 13.3. The number of rotatable bonds is 3. The third kappa shape index (κ3) is 2.76. The molecule has 1 aliphatic carbocycles. The van der Waals surface area contributed by atoms with Gasteiger partial charge in [0.25, 0.3) is 0 Å². The summed E-state index contributed by atoms with van der Waals surface area (Å²) in [6.45, 7) is 5.46. The summed E-state index contributed by atoms with van der Waals surface area (Å²) < 4.78 is 8.26. The van der Waals surface area contributed by atoms with Crippen molar-refractivity contribution < 1.29 is 4.74 Å². The molecule has 0 spiro atoms. The highest BCUT2D eigenvalue weighted by molar-refractivity contribution is 5.86. The van der Waals surface area contributed by atoms with Gasteiger partial charge in [-0.25, -0.2) is 0 Å². The summed E-state index contributed by atoms with van der Waals surface area (Å²) in [5, 5.41) is 1.49. The zero-order valence-corrected chi connectivity index (χ0v) is 16.4. The third-order valence-corrected chi connectivity index (χ3v) is 6.42. The normalized spacial score (nSPS) is 19.7. The van der Waals surface area contributed by atoms with Gasteiger partial charge in [-0.3, -0.25) is 4.90 Å². The van der Waals surface area contributed by atoms with Gasteiger partial charge < -0.3 is 9.30 Å². The van der Waals surface area contributed by atoms with E-state index < -0.39 is 0 Å². The Kier molecular flexibility index (Phi) is 4.20. The van der Waals surface area contributed by atoms with Crippen LogP contribution >= 0.6 is 0 Å². The number of fused-ring (bicyclic) bond motifs is 3. The fourth-order valence-electron chi connectivity index (χ4n) is 5.24. The number of hydrogen-bond donors (Lipinski definition) is 0. The molecule has 0 saturated carbocycles. The van der Waals surface area contributed by atoms with E-state index in [2.05, 4.69) is 58.9 Å². The second-order valence-corrected chi connectivity index (χ2v) is 8.08. The van der Waals surface area contributed by atoms with Gasteiger partial charge in [0.15, 0.2) is 0 Å². The van der Waals surface area contributed by atoms with Crippen molar-refractivity contribution >= 4 is 10.9 Å². The number of benzene rings is 2. The maximum atomic E-state index is 5.62. The van der Waals surface area contributed by atoms with E-state index in [1.165, 1.54) is 47.7 Å². The van der Waals surface area contributed by atoms with Crippen LogP contribution in [0.2, 0.25) is 0 Å². The largest absolute Gasteiger partial charge is 0.496 e. The zero-order valence-electron chi connectivity index (χ0n) is 16.4. The zero-order chi connectivity index (χ0) is 18.4. The lowest BCUT2D eigenvalue weighted by atomic mass is 9.90. The van der Waals surface area contributed by atoms with Crippen LogP contribution in [0.25, 0.3) is 10.9 Å². The average Bonchev–Trinajstić information content (AvgIpc) is 2.88. The molecule has 5 rings (SSSR count). The van der Waals surface area contributed by atoms with Gasteiger partial charge in [-0.15, -0.1) is 0 Å². The number of methoxy groups -OCH3 is 1. The fraction of sp³-hybridized carbons (Fsp3) is 0.417. The molecule has 3 heteroatoms. The van der Waals surface area contributed by atoms with Crippen LogP contribution in [0.4, 0.5) is 0 Å². The molecule has 2 aromatic carbocycles. The first kappa shape index (κ1) is 16.9. The molecule has 2 heterocycles. The van der Waals surface area contributed by atoms with Crippen molar-refractivity contribution in [3.05, 3.63) is 64.8 Å². The Balaban J connectivity index is 1.59. The lowest BCUT2D eigenvalue weighted by Gasteiger charge is -2.34. The van der Waals surface area contributed by atoms with Crippen molar-refractivity contribution in [2.45, 2.75) is 51.7 Å². The number of para-hydroxylation sites is 1. The molecule has 0 amide bonds. The molecule has 3 nitrogen and oxygen atoms in total. The highest BCUT2D eigenvalue weighted by Gasteiger charge is 2.33. The minimum atomic E-state index is 0.522. The van der Waals surface area contributed by atoms with Gasteiger partial charge in [0.1, 0.15) is 5.75 Å². The van der Waals surface area contributed by atoms with Crippen molar-refractivity contribution in [3.8, 4) is 5.75 Å². The summed E-state index contributed by atoms with van der Waals surface area (Å²) >= 11 is 0. The number of aromatic nitrogens is 1. The van der Waals surface area contributed by atoms with Crippen molar-refractivity contribution in [2.75, 3.05) is 13.7 Å². The van der Waals surface area contributed by atoms with Crippen LogP contribution in [-0.2, 0) is 19.5 Å². The second kappa shape index (κ2) is 6.72. The molecule has 0 fully saturated rings. The smallest absolute Gasteiger partial charge is 0.123 e. The van der Waals surface area contributed by atoms with Crippen LogP contribution in [0.5, 0.6) is 5.75 Å². The highest BCUT2D eigenvalue weighted by Crippen LogP contribution is 2.43. The van der Waals surface area contributed by atoms with Crippen LogP contribution < -0.4 is 4.74 Å². The number of ether oxygens (including phenoxy) is 1. The molecule has 0 saturated heterocycles. The predicted molar refractivity (Wildman–Crippen MR) is 110 cm³/mol. The topological polar surface area (TPSA) is 17.4 Å². The van der Waals surface area contributed by atoms with Crippen LogP contribution in [-0.4, -0.2) is 23.1 Å². The lowest BCUT2D eigenvalue weighted by molar-refractivity contribution is 0.172. The number of nitrogens with zero attached hydrogens (tertiary/aromatic N) is 2. The third-order valence-electron chi connectivity index (χ3n) is 6.42. The molecule has 1 aliphatic heterocycles. The SMILES string of the molecule is COc1ccccc1CN1CCCn2c3c(c4cc(C)ccc42)CCC[C@@H]31. The van der Waals surface area contributed by atoms with Crippen LogP contribution in [0.1, 0.15) is 47.7 Å². The maximum Gasteiger partial charge on any atom is 0.123 e. The Morgan fingerprint density at radius 3 is 2.85 bits per heavy atom. The monoisotopic (exact) mass is 360 g/mol. The Labute approximate surface area is 161 Å². The minimum Gasteiger partial charge on any atom is -0.496 e. The maximum absolute atomic E-state index is 5.62. The molecule has 0 N–H and O–H groups in total. The standard InChI is InChI=1S/C24H28N2O/c1-17-11-12-21-20(15-17)19-8-5-9-22-24(19)26(21)14-6-13-25(22)16-18-7-3-4-10-23(18)27-2/h3-4,7,10-12,15,22H,5-6,8-9,13-14,16H2,1-2H3/t22-/m0/s1. The molecule has 140 valence electrons. The molecule has 1 atom stereocenters. The van der Waals surface area contributed by atoms with Gasteiger partial charge >= 0.3 is 0 Å². The van der Waals surface area contributed by atoms with E-state index in [-0.39, 0.29) is 0 Å². The van der Waals surface area contributed by atoms with Gasteiger partial charge in [-0.05, 0) is 56.4 Å². The second-order valence-electron chi connectivity index (χ2n) is 8.08. The summed E-state index contributed by atoms with van der Waals surface area (Å²) in [4.78, 5) is 2.70. The fourth-order valence-corrected chi connectivity index (χ4v) is 5.24. The summed E-state index contributed by atoms with van der Waals surface area (Å²) in [6, 6.07) is 16.0. The van der Waals surface area contributed by atoms with Gasteiger partial charge in [0, 0.05) is 41.8 Å². The molecule has 1 aromatic heterocycles. The van der Waals surface area contributed by atoms with Crippen molar-refractivity contribution in [3.63, 3.8) is 0 Å². The van der Waals surface area contributed by atoms with Gasteiger partial charge in [-0.1, -0.05) is 29.8 Å². The lowest BCUT2D eigenvalue weighted by Crippen LogP contribution is -2.31. The Bertz CT molecular complexity index is 984. The van der Waals surface area contributed by atoms with Crippen molar-refractivity contribution in [2.24, 2.45) is 0 Å². The molecule has 27 heavy (non-hydrogen) atoms. The van der Waals surface area contributed by atoms with Gasteiger partial charge in [0.05, 0.1) is 13.2 Å². The summed E-state index contributed by atoms with van der Waals surface area (Å²) in [7, 11) is 1.78. The van der Waals surface area contributed by atoms with E-state index in [0.717, 1.165) is 25.4 Å². The molecule has 0 bridgehead atoms. The van der Waals surface area contributed by atoms with E-state index >= 15 is 0 Å². The summed E-state index contributed by atoms with van der Waals surface area (Å²) in [5.41, 5.74) is 7.31. The Morgan fingerprint density at radius 2 is 1.96 bits per heavy atom. The quantitative estimate of drug-likeness (QED) is 0.635. The molecule has 2 aliphatic rings. The van der Waals surface area contributed by atoms with Crippen LogP contribution in [0.15, 0.2) is 42.5 Å². The first-order valence-corrected chi connectivity index (χ1v) is 10.2. The molecular weight excluding hydrogens is 332 g/mol. The van der Waals surface area contributed by atoms with E-state index in [1.807, 2.05) is 0 Å². The molecule has 3 aromatic rings. The number of hydrogen-bond acceptors (Lipinski definition) is 2. The molecule has 0 unspecified atom stereocenters. The van der Waals surface area contributed by atoms with Crippen molar-refractivity contribution in [1.82, 2.24) is 9.47 Å². The predicted octanol–water partition coefficient (Wildman–Crippen LogP) is 5.24. The molecular formula is C24H28N2O. The minimum absolute atomic E-state index is 0.522. The van der Waals surface area contributed by atoms with Crippen LogP contribution in [0.3, 0.4) is 0 Å². The van der Waals surface area contributed by atoms with Gasteiger partial charge in [-0.2, -0.15) is 0 Å². The average molecular weight is 361 g/mol. The summed E-state index contributed by atoms with van der Waals surface area (Å²) in [6.07, 6.45) is 4.97.